The zero-order valence-corrected chi connectivity index (χ0v) is 17.1. The fraction of sp³-hybridized carbons (Fsp3) is 0.450. The number of amides is 1. The molecule has 1 amide bonds. The Morgan fingerprint density at radius 2 is 1.75 bits per heavy atom. The summed E-state index contributed by atoms with van der Waals surface area (Å²) >= 11 is 1.15. The largest absolute Gasteiger partial charge is 0.347 e. The van der Waals surface area contributed by atoms with Crippen LogP contribution in [-0.2, 0) is 13.1 Å². The third kappa shape index (κ3) is 5.15. The highest BCUT2D eigenvalue weighted by Gasteiger charge is 2.19. The Bertz CT molecular complexity index is 826. The van der Waals surface area contributed by atoms with Crippen molar-refractivity contribution in [2.45, 2.75) is 26.9 Å². The minimum absolute atomic E-state index is 0.000673. The molecule has 1 N–H and O–H groups in total. The number of hydrogen-bond donors (Lipinski definition) is 1. The van der Waals surface area contributed by atoms with Gasteiger partial charge < -0.3 is 10.2 Å². The molecule has 1 fully saturated rings. The van der Waals surface area contributed by atoms with E-state index in [4.69, 9.17) is 0 Å². The van der Waals surface area contributed by atoms with E-state index >= 15 is 0 Å². The Morgan fingerprint density at radius 3 is 2.32 bits per heavy atom. The van der Waals surface area contributed by atoms with Gasteiger partial charge in [0.05, 0.1) is 14.7 Å². The second kappa shape index (κ2) is 9.27. The number of thiophene rings is 1. The summed E-state index contributed by atoms with van der Waals surface area (Å²) in [6.45, 7) is 10.8. The number of hydrogen-bond acceptors (Lipinski definition) is 6. The normalized spacial score (nSPS) is 15.5. The topological polar surface area (TPSA) is 78.7 Å². The minimum Gasteiger partial charge on any atom is -0.347 e. The summed E-state index contributed by atoms with van der Waals surface area (Å²) in [4.78, 5) is 28.6. The number of nitrogens with zero attached hydrogens (tertiary/aromatic N) is 3. The van der Waals surface area contributed by atoms with E-state index in [-0.39, 0.29) is 11.6 Å². The number of piperazine rings is 1. The molecular formula is C20H26N4O3S. The van der Waals surface area contributed by atoms with Crippen LogP contribution in [0.5, 0.6) is 0 Å². The number of nitrogens with one attached hydrogen (secondary N) is 1. The molecule has 7 nitrogen and oxygen atoms in total. The SMILES string of the molecule is CCN1CCN(Cc2ccc(CNC(=O)c3cc([N+](=O)[O-])c(C)s3)cc2)CC1. The maximum atomic E-state index is 12.3. The van der Waals surface area contributed by atoms with E-state index in [1.165, 1.54) is 11.6 Å². The smallest absolute Gasteiger partial charge is 0.283 e. The van der Waals surface area contributed by atoms with Crippen LogP contribution in [0.4, 0.5) is 5.69 Å². The van der Waals surface area contributed by atoms with Gasteiger partial charge in [-0.1, -0.05) is 31.2 Å². The third-order valence-electron chi connectivity index (χ3n) is 5.11. The van der Waals surface area contributed by atoms with E-state index in [1.807, 2.05) is 12.1 Å². The molecule has 0 saturated carbocycles. The predicted octanol–water partition coefficient (Wildman–Crippen LogP) is 3.03. The van der Waals surface area contributed by atoms with Crippen molar-refractivity contribution in [3.8, 4) is 0 Å². The van der Waals surface area contributed by atoms with Crippen LogP contribution in [-0.4, -0.2) is 53.4 Å². The van der Waals surface area contributed by atoms with Crippen molar-refractivity contribution < 1.29 is 9.72 Å². The standard InChI is InChI=1S/C20H26N4O3S/c1-3-22-8-10-23(11-9-22)14-17-6-4-16(5-7-17)13-21-20(25)19-12-18(24(26)27)15(2)28-19/h4-7,12H,3,8-11,13-14H2,1-2H3,(H,21,25). The maximum Gasteiger partial charge on any atom is 0.283 e. The number of carbonyl (C=O) groups excluding carboxylic acids is 1. The van der Waals surface area contributed by atoms with Crippen molar-refractivity contribution in [1.82, 2.24) is 15.1 Å². The average Bonchev–Trinajstić information content (AvgIpc) is 3.10. The first-order chi connectivity index (χ1) is 13.5. The van der Waals surface area contributed by atoms with Crippen LogP contribution in [0.3, 0.4) is 0 Å². The summed E-state index contributed by atoms with van der Waals surface area (Å²) in [7, 11) is 0. The number of aryl methyl sites for hydroxylation is 1. The van der Waals surface area contributed by atoms with Crippen LogP contribution in [0.2, 0.25) is 0 Å². The lowest BCUT2D eigenvalue weighted by molar-refractivity contribution is -0.385. The number of rotatable bonds is 7. The van der Waals surface area contributed by atoms with E-state index in [9.17, 15) is 14.9 Å². The van der Waals surface area contributed by atoms with Gasteiger partial charge in [0.2, 0.25) is 0 Å². The minimum atomic E-state index is -0.455. The lowest BCUT2D eigenvalue weighted by Crippen LogP contribution is -2.45. The van der Waals surface area contributed by atoms with Crippen molar-refractivity contribution in [3.63, 3.8) is 0 Å². The van der Waals surface area contributed by atoms with Gasteiger partial charge in [0.15, 0.2) is 0 Å². The average molecular weight is 403 g/mol. The summed E-state index contributed by atoms with van der Waals surface area (Å²) < 4.78 is 0. The Labute approximate surface area is 169 Å². The van der Waals surface area contributed by atoms with E-state index in [1.54, 1.807) is 6.92 Å². The Kier molecular flexibility index (Phi) is 6.77. The van der Waals surface area contributed by atoms with Gasteiger partial charge in [0, 0.05) is 45.3 Å². The van der Waals surface area contributed by atoms with Gasteiger partial charge in [-0.2, -0.15) is 0 Å². The maximum absolute atomic E-state index is 12.3. The molecule has 150 valence electrons. The van der Waals surface area contributed by atoms with Gasteiger partial charge in [-0.05, 0) is 24.6 Å². The zero-order chi connectivity index (χ0) is 20.1. The molecule has 1 aliphatic rings. The molecule has 28 heavy (non-hydrogen) atoms. The first-order valence-electron chi connectivity index (χ1n) is 9.51. The monoisotopic (exact) mass is 402 g/mol. The molecule has 2 heterocycles. The van der Waals surface area contributed by atoms with Crippen LogP contribution >= 0.6 is 11.3 Å². The number of carbonyl (C=O) groups is 1. The highest BCUT2D eigenvalue weighted by atomic mass is 32.1. The molecule has 1 saturated heterocycles. The molecule has 0 radical (unpaired) electrons. The Hall–Kier alpha value is -2.29. The highest BCUT2D eigenvalue weighted by molar-refractivity contribution is 7.14. The van der Waals surface area contributed by atoms with Crippen molar-refractivity contribution in [2.24, 2.45) is 0 Å². The van der Waals surface area contributed by atoms with Gasteiger partial charge in [0.1, 0.15) is 0 Å². The number of likely N-dealkylation sites (N-methyl/N-ethyl adjacent to an activating group) is 1. The lowest BCUT2D eigenvalue weighted by atomic mass is 10.1. The molecule has 1 aliphatic heterocycles. The second-order valence-electron chi connectivity index (χ2n) is 7.02. The van der Waals surface area contributed by atoms with E-state index < -0.39 is 4.92 Å². The molecule has 0 bridgehead atoms. The number of benzene rings is 1. The van der Waals surface area contributed by atoms with E-state index in [0.29, 0.717) is 16.3 Å². The van der Waals surface area contributed by atoms with Crippen molar-refractivity contribution in [3.05, 3.63) is 61.3 Å². The summed E-state index contributed by atoms with van der Waals surface area (Å²) in [6.07, 6.45) is 0. The molecule has 1 aromatic heterocycles. The Morgan fingerprint density at radius 1 is 1.14 bits per heavy atom. The van der Waals surface area contributed by atoms with Gasteiger partial charge in [-0.15, -0.1) is 11.3 Å². The lowest BCUT2D eigenvalue weighted by Gasteiger charge is -2.34. The molecule has 8 heteroatoms. The van der Waals surface area contributed by atoms with Gasteiger partial charge in [0.25, 0.3) is 11.6 Å². The molecule has 1 aromatic carbocycles. The first kappa shape index (κ1) is 20.4. The van der Waals surface area contributed by atoms with Gasteiger partial charge >= 0.3 is 0 Å². The molecule has 2 aromatic rings. The van der Waals surface area contributed by atoms with Crippen LogP contribution in [0, 0.1) is 17.0 Å². The van der Waals surface area contributed by atoms with Crippen molar-refractivity contribution in [1.29, 1.82) is 0 Å². The van der Waals surface area contributed by atoms with Crippen molar-refractivity contribution in [2.75, 3.05) is 32.7 Å². The van der Waals surface area contributed by atoms with Crippen molar-refractivity contribution >= 4 is 22.9 Å². The van der Waals surface area contributed by atoms with Crippen LogP contribution in [0.15, 0.2) is 30.3 Å². The van der Waals surface area contributed by atoms with E-state index in [0.717, 1.165) is 56.2 Å². The van der Waals surface area contributed by atoms with Gasteiger partial charge in [-0.25, -0.2) is 0 Å². The summed E-state index contributed by atoms with van der Waals surface area (Å²) in [5.74, 6) is -0.279. The highest BCUT2D eigenvalue weighted by Crippen LogP contribution is 2.27. The third-order valence-corrected chi connectivity index (χ3v) is 6.14. The Balaban J connectivity index is 1.50. The molecule has 0 atom stereocenters. The molecular weight excluding hydrogens is 376 g/mol. The fourth-order valence-corrected chi connectivity index (χ4v) is 4.22. The first-order valence-corrected chi connectivity index (χ1v) is 10.3. The quantitative estimate of drug-likeness (QED) is 0.569. The zero-order valence-electron chi connectivity index (χ0n) is 16.3. The second-order valence-corrected chi connectivity index (χ2v) is 8.28. The number of nitro groups is 1. The summed E-state index contributed by atoms with van der Waals surface area (Å²) in [5.41, 5.74) is 2.28. The molecule has 0 unspecified atom stereocenters. The van der Waals surface area contributed by atoms with Crippen LogP contribution in [0.1, 0.15) is 32.6 Å². The van der Waals surface area contributed by atoms with Gasteiger partial charge in [-0.3, -0.25) is 19.8 Å². The van der Waals surface area contributed by atoms with Crippen LogP contribution < -0.4 is 5.32 Å². The summed E-state index contributed by atoms with van der Waals surface area (Å²) in [5, 5.41) is 13.8. The van der Waals surface area contributed by atoms with E-state index in [2.05, 4.69) is 34.2 Å². The molecule has 0 aliphatic carbocycles. The fourth-order valence-electron chi connectivity index (χ4n) is 3.32. The summed E-state index contributed by atoms with van der Waals surface area (Å²) in [6, 6.07) is 9.61. The molecule has 0 spiro atoms. The predicted molar refractivity (Wildman–Crippen MR) is 111 cm³/mol. The van der Waals surface area contributed by atoms with Crippen LogP contribution in [0.25, 0.3) is 0 Å². The molecule has 3 rings (SSSR count).